The van der Waals surface area contributed by atoms with Crippen LogP contribution in [0, 0.1) is 6.92 Å². The first kappa shape index (κ1) is 14.7. The maximum absolute atomic E-state index is 11.1. The van der Waals surface area contributed by atoms with Gasteiger partial charge in [0.25, 0.3) is 0 Å². The summed E-state index contributed by atoms with van der Waals surface area (Å²) in [5, 5.41) is 9.12. The molecule has 0 radical (unpaired) electrons. The second-order valence-electron chi connectivity index (χ2n) is 5.92. The van der Waals surface area contributed by atoms with Crippen LogP contribution in [0.25, 0.3) is 0 Å². The van der Waals surface area contributed by atoms with Crippen molar-refractivity contribution in [2.75, 3.05) is 18.0 Å². The lowest BCUT2D eigenvalue weighted by molar-refractivity contribution is -0.152. The molecule has 1 aliphatic heterocycles. The summed E-state index contributed by atoms with van der Waals surface area (Å²) in [6.45, 7) is 7.28. The monoisotopic (exact) mass is 277 g/mol. The number of carboxylic acid groups (broad SMARTS) is 1. The van der Waals surface area contributed by atoms with E-state index in [-0.39, 0.29) is 0 Å². The molecule has 4 heteroatoms. The number of piperidine rings is 1. The second kappa shape index (κ2) is 5.73. The van der Waals surface area contributed by atoms with E-state index in [1.807, 2.05) is 19.1 Å². The third kappa shape index (κ3) is 3.24. The van der Waals surface area contributed by atoms with E-state index in [0.29, 0.717) is 5.75 Å². The number of hydrogen-bond acceptors (Lipinski definition) is 3. The first-order chi connectivity index (χ1) is 9.40. The molecule has 1 N–H and O–H groups in total. The van der Waals surface area contributed by atoms with Crippen LogP contribution in [-0.2, 0) is 4.79 Å². The smallest absolute Gasteiger partial charge is 0.347 e. The van der Waals surface area contributed by atoms with Gasteiger partial charge in [0.1, 0.15) is 5.75 Å². The number of nitrogens with zero attached hydrogens (tertiary/aromatic N) is 1. The van der Waals surface area contributed by atoms with E-state index in [2.05, 4.69) is 11.0 Å². The summed E-state index contributed by atoms with van der Waals surface area (Å²) in [5.74, 6) is -0.324. The zero-order valence-corrected chi connectivity index (χ0v) is 12.5. The topological polar surface area (TPSA) is 49.8 Å². The molecule has 1 heterocycles. The van der Waals surface area contributed by atoms with Crippen LogP contribution in [0.2, 0.25) is 0 Å². The molecule has 0 aliphatic carbocycles. The van der Waals surface area contributed by atoms with Gasteiger partial charge in [0.05, 0.1) is 0 Å². The molecule has 0 saturated carbocycles. The number of anilines is 1. The molecular weight excluding hydrogens is 254 g/mol. The number of carboxylic acids is 1. The highest BCUT2D eigenvalue weighted by Gasteiger charge is 2.30. The molecule has 1 aromatic rings. The number of ether oxygens (including phenoxy) is 1. The maximum Gasteiger partial charge on any atom is 0.347 e. The summed E-state index contributed by atoms with van der Waals surface area (Å²) in [4.78, 5) is 13.5. The lowest BCUT2D eigenvalue weighted by Crippen LogP contribution is -2.38. The average Bonchev–Trinajstić information content (AvgIpc) is 2.41. The average molecular weight is 277 g/mol. The van der Waals surface area contributed by atoms with Crippen molar-refractivity contribution in [2.24, 2.45) is 0 Å². The minimum absolute atomic E-state index is 0.637. The van der Waals surface area contributed by atoms with Crippen molar-refractivity contribution in [1.82, 2.24) is 0 Å². The third-order valence-corrected chi connectivity index (χ3v) is 3.76. The lowest BCUT2D eigenvalue weighted by atomic mass is 10.1. The summed E-state index contributed by atoms with van der Waals surface area (Å²) in [7, 11) is 0. The summed E-state index contributed by atoms with van der Waals surface area (Å²) >= 11 is 0. The Morgan fingerprint density at radius 2 is 1.90 bits per heavy atom. The van der Waals surface area contributed by atoms with E-state index in [1.165, 1.54) is 24.9 Å². The fourth-order valence-electron chi connectivity index (χ4n) is 2.42. The van der Waals surface area contributed by atoms with Crippen LogP contribution in [0.4, 0.5) is 5.69 Å². The molecule has 0 bridgehead atoms. The van der Waals surface area contributed by atoms with Crippen LogP contribution in [0.15, 0.2) is 18.2 Å². The Morgan fingerprint density at radius 3 is 2.45 bits per heavy atom. The van der Waals surface area contributed by atoms with E-state index in [0.717, 1.165) is 18.7 Å². The SMILES string of the molecule is Cc1cc(N2CCCCC2)ccc1OC(C)(C)C(=O)O. The fourth-order valence-corrected chi connectivity index (χ4v) is 2.42. The van der Waals surface area contributed by atoms with E-state index in [4.69, 9.17) is 9.84 Å². The predicted molar refractivity (Wildman–Crippen MR) is 79.6 cm³/mol. The lowest BCUT2D eigenvalue weighted by Gasteiger charge is -2.30. The third-order valence-electron chi connectivity index (χ3n) is 3.76. The highest BCUT2D eigenvalue weighted by Crippen LogP contribution is 2.28. The summed E-state index contributed by atoms with van der Waals surface area (Å²) in [6, 6.07) is 5.98. The van der Waals surface area contributed by atoms with E-state index >= 15 is 0 Å². The zero-order chi connectivity index (χ0) is 14.8. The summed E-state index contributed by atoms with van der Waals surface area (Å²) in [5.41, 5.74) is 0.960. The molecule has 1 fully saturated rings. The van der Waals surface area contributed by atoms with Gasteiger partial charge in [0, 0.05) is 18.8 Å². The second-order valence-corrected chi connectivity index (χ2v) is 5.92. The first-order valence-electron chi connectivity index (χ1n) is 7.18. The maximum atomic E-state index is 11.1. The zero-order valence-electron chi connectivity index (χ0n) is 12.5. The number of aliphatic carboxylic acids is 1. The molecule has 20 heavy (non-hydrogen) atoms. The van der Waals surface area contributed by atoms with Gasteiger partial charge in [0.2, 0.25) is 0 Å². The van der Waals surface area contributed by atoms with Crippen molar-refractivity contribution >= 4 is 11.7 Å². The summed E-state index contributed by atoms with van der Waals surface area (Å²) in [6.07, 6.45) is 3.79. The Bertz CT molecular complexity index is 490. The fraction of sp³-hybridized carbons (Fsp3) is 0.562. The van der Waals surface area contributed by atoms with Crippen LogP contribution in [0.1, 0.15) is 38.7 Å². The van der Waals surface area contributed by atoms with Gasteiger partial charge in [-0.3, -0.25) is 0 Å². The van der Waals surface area contributed by atoms with Gasteiger partial charge in [0.15, 0.2) is 5.60 Å². The van der Waals surface area contributed by atoms with Crippen molar-refractivity contribution in [3.63, 3.8) is 0 Å². The molecule has 2 rings (SSSR count). The Hall–Kier alpha value is -1.71. The molecule has 0 unspecified atom stereocenters. The molecule has 0 aromatic heterocycles. The van der Waals surface area contributed by atoms with Crippen molar-refractivity contribution in [1.29, 1.82) is 0 Å². The number of rotatable bonds is 4. The van der Waals surface area contributed by atoms with Crippen LogP contribution in [-0.4, -0.2) is 29.8 Å². The van der Waals surface area contributed by atoms with Crippen LogP contribution < -0.4 is 9.64 Å². The molecule has 0 atom stereocenters. The minimum Gasteiger partial charge on any atom is -0.478 e. The molecule has 1 aromatic carbocycles. The summed E-state index contributed by atoms with van der Waals surface area (Å²) < 4.78 is 5.62. The number of carbonyl (C=O) groups is 1. The van der Waals surface area contributed by atoms with Gasteiger partial charge in [-0.1, -0.05) is 0 Å². The van der Waals surface area contributed by atoms with Gasteiger partial charge in [-0.05, 0) is 63.8 Å². The number of hydrogen-bond donors (Lipinski definition) is 1. The van der Waals surface area contributed by atoms with Crippen molar-refractivity contribution in [2.45, 2.75) is 45.6 Å². The van der Waals surface area contributed by atoms with Crippen LogP contribution >= 0.6 is 0 Å². The molecule has 1 aliphatic rings. The molecule has 0 amide bonds. The molecule has 110 valence electrons. The van der Waals surface area contributed by atoms with E-state index in [9.17, 15) is 4.79 Å². The normalized spacial score (nSPS) is 16.1. The van der Waals surface area contributed by atoms with E-state index < -0.39 is 11.6 Å². The molecule has 1 saturated heterocycles. The molecule has 4 nitrogen and oxygen atoms in total. The first-order valence-corrected chi connectivity index (χ1v) is 7.18. The van der Waals surface area contributed by atoms with E-state index in [1.54, 1.807) is 13.8 Å². The molecule has 0 spiro atoms. The van der Waals surface area contributed by atoms with Gasteiger partial charge >= 0.3 is 5.97 Å². The van der Waals surface area contributed by atoms with Crippen LogP contribution in [0.3, 0.4) is 0 Å². The Balaban J connectivity index is 2.15. The highest BCUT2D eigenvalue weighted by atomic mass is 16.5. The Labute approximate surface area is 120 Å². The van der Waals surface area contributed by atoms with Gasteiger partial charge in [-0.25, -0.2) is 4.79 Å². The van der Waals surface area contributed by atoms with Crippen molar-refractivity contribution < 1.29 is 14.6 Å². The number of aryl methyl sites for hydroxylation is 1. The van der Waals surface area contributed by atoms with Gasteiger partial charge in [-0.2, -0.15) is 0 Å². The van der Waals surface area contributed by atoms with Crippen molar-refractivity contribution in [3.05, 3.63) is 23.8 Å². The van der Waals surface area contributed by atoms with Gasteiger partial charge < -0.3 is 14.7 Å². The quantitative estimate of drug-likeness (QED) is 0.918. The molecular formula is C16H23NO3. The Morgan fingerprint density at radius 1 is 1.25 bits per heavy atom. The standard InChI is InChI=1S/C16H23NO3/c1-12-11-13(17-9-5-4-6-10-17)7-8-14(12)20-16(2,3)15(18)19/h7-8,11H,4-6,9-10H2,1-3H3,(H,18,19). The predicted octanol–water partition coefficient (Wildman–Crippen LogP) is 3.23. The van der Waals surface area contributed by atoms with Crippen LogP contribution in [0.5, 0.6) is 5.75 Å². The minimum atomic E-state index is -1.21. The van der Waals surface area contributed by atoms with Gasteiger partial charge in [-0.15, -0.1) is 0 Å². The number of benzene rings is 1. The largest absolute Gasteiger partial charge is 0.478 e. The van der Waals surface area contributed by atoms with Crippen molar-refractivity contribution in [3.8, 4) is 5.75 Å². The highest BCUT2D eigenvalue weighted by molar-refractivity contribution is 5.77. The Kier molecular flexibility index (Phi) is 4.21.